The molecule has 0 unspecified atom stereocenters. The number of unbranched alkanes of at least 4 members (excludes halogenated alkanes) is 18. The summed E-state index contributed by atoms with van der Waals surface area (Å²) >= 11 is 0. The Bertz CT molecular complexity index is 497. The summed E-state index contributed by atoms with van der Waals surface area (Å²) in [6.07, 6.45) is 34.2. The smallest absolute Gasteiger partial charge is 0.0256 e. The van der Waals surface area contributed by atoms with E-state index in [1.807, 2.05) is 0 Å². The molecule has 0 N–H and O–H groups in total. The van der Waals surface area contributed by atoms with E-state index < -0.39 is 0 Å². The normalized spacial score (nSPS) is 11.7. The predicted molar refractivity (Wildman–Crippen MR) is 156 cm³/mol. The molecule has 1 heteroatoms. The molecule has 0 spiro atoms. The summed E-state index contributed by atoms with van der Waals surface area (Å²) in [6.45, 7) is 4.61. The molecule has 0 aliphatic carbocycles. The van der Waals surface area contributed by atoms with Gasteiger partial charge >= 0.3 is 0 Å². The lowest BCUT2D eigenvalue weighted by molar-refractivity contribution is 0.561. The minimum Gasteiger partial charge on any atom is -0.0832 e. The average molecular weight is 473 g/mol. The molecule has 190 valence electrons. The van der Waals surface area contributed by atoms with Gasteiger partial charge in [-0.05, 0) is 30.7 Å². The molecule has 0 aliphatic rings. The van der Waals surface area contributed by atoms with Gasteiger partial charge in [0.25, 0.3) is 0 Å². The van der Waals surface area contributed by atoms with Crippen molar-refractivity contribution >= 4 is 14.0 Å². The highest BCUT2D eigenvalue weighted by atomic mass is 31.1. The SMILES string of the molecule is CCCCCCCCCCCCP(/C=C/c1ccccc1)CCCCCCCCCCCC. The van der Waals surface area contributed by atoms with Gasteiger partial charge in [0.15, 0.2) is 0 Å². The molecule has 1 aromatic rings. The Kier molecular flexibility index (Phi) is 22.6. The standard InChI is InChI=1S/C32H57P/c1-3-5-7-9-11-13-15-17-19-24-29-33(31-28-32-26-22-21-23-27-32)30-25-20-18-16-14-12-10-8-6-4-2/h21-23,26-28,31H,3-20,24-25,29-30H2,1-2H3/b31-28+. The van der Waals surface area contributed by atoms with E-state index in [0.29, 0.717) is 0 Å². The molecule has 33 heavy (non-hydrogen) atoms. The second kappa shape index (κ2) is 24.5. The van der Waals surface area contributed by atoms with Crippen LogP contribution in [0.4, 0.5) is 0 Å². The third-order valence-electron chi connectivity index (χ3n) is 6.88. The van der Waals surface area contributed by atoms with Crippen molar-refractivity contribution in [3.8, 4) is 0 Å². The van der Waals surface area contributed by atoms with Crippen LogP contribution in [0.15, 0.2) is 36.1 Å². The third kappa shape index (κ3) is 20.5. The minimum absolute atomic E-state index is 0.0660. The lowest BCUT2D eigenvalue weighted by Gasteiger charge is -2.14. The van der Waals surface area contributed by atoms with E-state index in [4.69, 9.17) is 0 Å². The summed E-state index contributed by atoms with van der Waals surface area (Å²) in [4.78, 5) is 0. The van der Waals surface area contributed by atoms with E-state index in [1.54, 1.807) is 0 Å². The molecule has 0 saturated carbocycles. The lowest BCUT2D eigenvalue weighted by Crippen LogP contribution is -1.91. The Morgan fingerprint density at radius 1 is 0.485 bits per heavy atom. The van der Waals surface area contributed by atoms with Crippen molar-refractivity contribution in [3.05, 3.63) is 41.7 Å². The van der Waals surface area contributed by atoms with E-state index in [9.17, 15) is 0 Å². The summed E-state index contributed by atoms with van der Waals surface area (Å²) in [5.41, 5.74) is 1.37. The van der Waals surface area contributed by atoms with Crippen molar-refractivity contribution < 1.29 is 0 Å². The van der Waals surface area contributed by atoms with E-state index >= 15 is 0 Å². The monoisotopic (exact) mass is 472 g/mol. The fraction of sp³-hybridized carbons (Fsp3) is 0.750. The quantitative estimate of drug-likeness (QED) is 0.104. The molecule has 0 aliphatic heterocycles. The molecule has 0 radical (unpaired) electrons. The van der Waals surface area contributed by atoms with Crippen LogP contribution in [-0.4, -0.2) is 12.3 Å². The summed E-state index contributed by atoms with van der Waals surface area (Å²) in [6, 6.07) is 10.9. The first-order valence-corrected chi connectivity index (χ1v) is 16.6. The zero-order chi connectivity index (χ0) is 23.7. The number of hydrogen-bond acceptors (Lipinski definition) is 0. The van der Waals surface area contributed by atoms with E-state index in [1.165, 1.54) is 146 Å². The van der Waals surface area contributed by atoms with E-state index in [0.717, 1.165) is 0 Å². The predicted octanol–water partition coefficient (Wildman–Crippen LogP) is 12.0. The first kappa shape index (κ1) is 30.4. The Labute approximate surface area is 210 Å². The summed E-state index contributed by atoms with van der Waals surface area (Å²) in [7, 11) is 0.0660. The molecule has 0 bridgehead atoms. The van der Waals surface area contributed by atoms with Gasteiger partial charge < -0.3 is 0 Å². The van der Waals surface area contributed by atoms with Gasteiger partial charge in [-0.25, -0.2) is 0 Å². The van der Waals surface area contributed by atoms with Crippen LogP contribution in [0.5, 0.6) is 0 Å². The molecule has 0 nitrogen and oxygen atoms in total. The van der Waals surface area contributed by atoms with E-state index in [2.05, 4.69) is 56.1 Å². The maximum atomic E-state index is 2.59. The maximum absolute atomic E-state index is 2.59. The van der Waals surface area contributed by atoms with Gasteiger partial charge in [0, 0.05) is 0 Å². The number of rotatable bonds is 24. The van der Waals surface area contributed by atoms with Crippen LogP contribution in [0.3, 0.4) is 0 Å². The van der Waals surface area contributed by atoms with Crippen molar-refractivity contribution in [3.63, 3.8) is 0 Å². The van der Waals surface area contributed by atoms with E-state index in [-0.39, 0.29) is 7.92 Å². The van der Waals surface area contributed by atoms with Crippen LogP contribution >= 0.6 is 7.92 Å². The highest BCUT2D eigenvalue weighted by Gasteiger charge is 2.05. The topological polar surface area (TPSA) is 0 Å². The number of hydrogen-bond donors (Lipinski definition) is 0. The first-order valence-electron chi connectivity index (χ1n) is 14.8. The zero-order valence-electron chi connectivity index (χ0n) is 22.5. The Hall–Kier alpha value is -0.610. The van der Waals surface area contributed by atoms with Crippen LogP contribution in [0.25, 0.3) is 6.08 Å². The van der Waals surface area contributed by atoms with Crippen LogP contribution in [0.1, 0.15) is 148 Å². The molecule has 0 aromatic heterocycles. The van der Waals surface area contributed by atoms with Crippen molar-refractivity contribution in [2.45, 2.75) is 142 Å². The third-order valence-corrected chi connectivity index (χ3v) is 9.23. The van der Waals surface area contributed by atoms with Gasteiger partial charge in [-0.15, -0.1) is 0 Å². The van der Waals surface area contributed by atoms with Crippen molar-refractivity contribution in [2.24, 2.45) is 0 Å². The summed E-state index contributed by atoms with van der Waals surface area (Å²) in [5.74, 6) is 2.59. The van der Waals surface area contributed by atoms with Gasteiger partial charge in [0.2, 0.25) is 0 Å². The second-order valence-corrected chi connectivity index (χ2v) is 12.5. The van der Waals surface area contributed by atoms with Crippen LogP contribution < -0.4 is 0 Å². The van der Waals surface area contributed by atoms with Gasteiger partial charge in [-0.3, -0.25) is 0 Å². The van der Waals surface area contributed by atoms with Crippen molar-refractivity contribution in [1.29, 1.82) is 0 Å². The molecule has 0 heterocycles. The molecule has 0 fully saturated rings. The summed E-state index contributed by atoms with van der Waals surface area (Å²) < 4.78 is 0. The van der Waals surface area contributed by atoms with Gasteiger partial charge in [0.05, 0.1) is 0 Å². The molecular weight excluding hydrogens is 415 g/mol. The largest absolute Gasteiger partial charge is 0.0832 e. The van der Waals surface area contributed by atoms with Crippen molar-refractivity contribution in [2.75, 3.05) is 12.3 Å². The molecule has 1 aromatic carbocycles. The maximum Gasteiger partial charge on any atom is -0.0256 e. The van der Waals surface area contributed by atoms with Crippen molar-refractivity contribution in [1.82, 2.24) is 0 Å². The molecule has 0 amide bonds. The van der Waals surface area contributed by atoms with Crippen LogP contribution in [0, 0.1) is 0 Å². The fourth-order valence-electron chi connectivity index (χ4n) is 4.62. The fourth-order valence-corrected chi connectivity index (χ4v) is 6.79. The average Bonchev–Trinajstić information content (AvgIpc) is 2.85. The highest BCUT2D eigenvalue weighted by Crippen LogP contribution is 2.40. The molecule has 0 saturated heterocycles. The van der Waals surface area contributed by atoms with Gasteiger partial charge in [-0.2, -0.15) is 0 Å². The zero-order valence-corrected chi connectivity index (χ0v) is 23.4. The Balaban J connectivity index is 2.17. The molecule has 0 atom stereocenters. The molecular formula is C32H57P. The number of benzene rings is 1. The Morgan fingerprint density at radius 3 is 1.24 bits per heavy atom. The first-order chi connectivity index (χ1) is 16.4. The van der Waals surface area contributed by atoms with Gasteiger partial charge in [-0.1, -0.05) is 180 Å². The minimum atomic E-state index is 0.0660. The van der Waals surface area contributed by atoms with Gasteiger partial charge in [0.1, 0.15) is 0 Å². The second-order valence-electron chi connectivity index (χ2n) is 10.1. The van der Waals surface area contributed by atoms with Crippen LogP contribution in [0.2, 0.25) is 0 Å². The van der Waals surface area contributed by atoms with Crippen LogP contribution in [-0.2, 0) is 0 Å². The summed E-state index contributed by atoms with van der Waals surface area (Å²) in [5, 5.41) is 0. The Morgan fingerprint density at radius 2 is 0.848 bits per heavy atom. The molecule has 1 rings (SSSR count). The highest BCUT2D eigenvalue weighted by molar-refractivity contribution is 7.61. The lowest BCUT2D eigenvalue weighted by atomic mass is 10.1.